The topological polar surface area (TPSA) is 17.1 Å². The zero-order chi connectivity index (χ0) is 6.41. The molecule has 0 unspecified atom stereocenters. The third kappa shape index (κ3) is 8.51. The van der Waals surface area contributed by atoms with E-state index in [9.17, 15) is 4.79 Å². The van der Waals surface area contributed by atoms with Crippen LogP contribution in [0.3, 0.4) is 0 Å². The van der Waals surface area contributed by atoms with E-state index in [4.69, 9.17) is 0 Å². The number of ketones is 1. The van der Waals surface area contributed by atoms with Gasteiger partial charge in [0.2, 0.25) is 0 Å². The van der Waals surface area contributed by atoms with Gasteiger partial charge in [0.05, 0.1) is 0 Å². The smallest absolute Gasteiger partial charge is 0 e. The van der Waals surface area contributed by atoms with Gasteiger partial charge in [0, 0.05) is 32.7 Å². The van der Waals surface area contributed by atoms with Crippen LogP contribution in [0.2, 0.25) is 0 Å². The first-order valence-electron chi connectivity index (χ1n) is 2.88. The van der Waals surface area contributed by atoms with Gasteiger partial charge in [-0.05, 0) is 12.2 Å². The quantitative estimate of drug-likeness (QED) is 0.500. The van der Waals surface area contributed by atoms with E-state index in [-0.39, 0.29) is 38.5 Å². The summed E-state index contributed by atoms with van der Waals surface area (Å²) in [6.07, 6.45) is 5.78. The fourth-order valence-electron chi connectivity index (χ4n) is 0.460. The molecule has 0 N–H and O–H groups in total. The Labute approximate surface area is 81.8 Å². The molecule has 0 rings (SSSR count). The maximum Gasteiger partial charge on any atom is 0 e. The van der Waals surface area contributed by atoms with Gasteiger partial charge in [-0.15, -0.1) is 0 Å². The number of rotatable bonds is 3. The number of carbonyl (C=O) groups excluding carboxylic acids is 1. The van der Waals surface area contributed by atoms with Gasteiger partial charge < -0.3 is 10.9 Å². The number of hydrogen-bond donors (Lipinski definition) is 0. The van der Waals surface area contributed by atoms with Gasteiger partial charge in [0.25, 0.3) is 0 Å². The van der Waals surface area contributed by atoms with Crippen molar-refractivity contribution in [3.63, 3.8) is 0 Å². The second-order valence-corrected chi connectivity index (χ2v) is 1.61. The summed E-state index contributed by atoms with van der Waals surface area (Å²) in [6, 6.07) is 0. The summed E-state index contributed by atoms with van der Waals surface area (Å²) in [4.78, 5) is 10.5. The predicted molar refractivity (Wildman–Crippen MR) is 33.4 cm³/mol. The summed E-state index contributed by atoms with van der Waals surface area (Å²) in [5.74, 6) is 0.106. The standard InChI is InChI=1S/C7H11O.Y/c1-3-5-7(8)6-4-2;/h3H,4,6H2,1-2H3;/q-1;. The monoisotopic (exact) mass is 200 g/mol. The van der Waals surface area contributed by atoms with Crippen LogP contribution in [0.15, 0.2) is 6.08 Å². The number of allylic oxidation sites excluding steroid dienone is 2. The van der Waals surface area contributed by atoms with Crippen molar-refractivity contribution in [2.24, 2.45) is 0 Å². The van der Waals surface area contributed by atoms with Crippen LogP contribution in [0.5, 0.6) is 0 Å². The molecule has 0 bridgehead atoms. The Kier molecular flexibility index (Phi) is 11.6. The fourth-order valence-corrected chi connectivity index (χ4v) is 0.460. The van der Waals surface area contributed by atoms with Gasteiger partial charge in [-0.3, -0.25) is 6.08 Å². The van der Waals surface area contributed by atoms with Gasteiger partial charge in [0.1, 0.15) is 0 Å². The molecule has 0 saturated carbocycles. The molecule has 2 heteroatoms. The van der Waals surface area contributed by atoms with Gasteiger partial charge in [-0.25, -0.2) is 0 Å². The first-order chi connectivity index (χ1) is 3.81. The van der Waals surface area contributed by atoms with Crippen molar-refractivity contribution in [1.82, 2.24) is 0 Å². The molecule has 0 aliphatic heterocycles. The van der Waals surface area contributed by atoms with Crippen LogP contribution < -0.4 is 0 Å². The summed E-state index contributed by atoms with van der Waals surface area (Å²) in [5.41, 5.74) is 0. The summed E-state index contributed by atoms with van der Waals surface area (Å²) in [5, 5.41) is 0. The van der Waals surface area contributed by atoms with Crippen LogP contribution in [0.4, 0.5) is 0 Å². The molecular formula is C7H11OY-. The van der Waals surface area contributed by atoms with Crippen molar-refractivity contribution in [3.05, 3.63) is 12.2 Å². The minimum atomic E-state index is 0. The van der Waals surface area contributed by atoms with Crippen LogP contribution in [-0.4, -0.2) is 5.78 Å². The van der Waals surface area contributed by atoms with Crippen LogP contribution >= 0.6 is 0 Å². The first kappa shape index (κ1) is 12.2. The van der Waals surface area contributed by atoms with Crippen molar-refractivity contribution < 1.29 is 37.5 Å². The van der Waals surface area contributed by atoms with Crippen LogP contribution in [0.25, 0.3) is 0 Å². The maximum absolute atomic E-state index is 10.5. The number of Topliss-reactive ketones (excluding diaryl/α,β-unsaturated/α-hetero) is 1. The third-order valence-electron chi connectivity index (χ3n) is 0.782. The Balaban J connectivity index is 0. The van der Waals surface area contributed by atoms with E-state index < -0.39 is 0 Å². The Morgan fingerprint density at radius 2 is 2.22 bits per heavy atom. The summed E-state index contributed by atoms with van der Waals surface area (Å²) in [6.45, 7) is 3.78. The van der Waals surface area contributed by atoms with E-state index in [1.807, 2.05) is 6.92 Å². The van der Waals surface area contributed by atoms with Crippen LogP contribution in [0, 0.1) is 6.08 Å². The van der Waals surface area contributed by atoms with E-state index in [1.165, 1.54) is 0 Å². The molecule has 1 nitrogen and oxygen atoms in total. The Morgan fingerprint density at radius 1 is 1.67 bits per heavy atom. The number of carbonyl (C=O) groups is 1. The van der Waals surface area contributed by atoms with Gasteiger partial charge >= 0.3 is 0 Å². The fraction of sp³-hybridized carbons (Fsp3) is 0.571. The van der Waals surface area contributed by atoms with Gasteiger partial charge in [-0.2, -0.15) is 0 Å². The van der Waals surface area contributed by atoms with E-state index in [1.54, 1.807) is 13.0 Å². The molecule has 9 heavy (non-hydrogen) atoms. The van der Waals surface area contributed by atoms with Gasteiger partial charge in [-0.1, -0.05) is 20.3 Å². The van der Waals surface area contributed by atoms with Gasteiger partial charge in [0.15, 0.2) is 0 Å². The molecule has 0 heterocycles. The van der Waals surface area contributed by atoms with Crippen LogP contribution in [0.1, 0.15) is 26.7 Å². The summed E-state index contributed by atoms with van der Waals surface area (Å²) < 4.78 is 0. The third-order valence-corrected chi connectivity index (χ3v) is 0.782. The van der Waals surface area contributed by atoms with Crippen molar-refractivity contribution in [1.29, 1.82) is 0 Å². The van der Waals surface area contributed by atoms with Crippen molar-refractivity contribution in [2.75, 3.05) is 0 Å². The average Bonchev–Trinajstić information content (AvgIpc) is 1.68. The van der Waals surface area contributed by atoms with E-state index in [0.717, 1.165) is 6.42 Å². The molecule has 0 aromatic rings. The van der Waals surface area contributed by atoms with Crippen molar-refractivity contribution in [2.45, 2.75) is 26.7 Å². The Hall–Kier alpha value is 0.514. The molecule has 0 fully saturated rings. The molecule has 0 aromatic heterocycles. The summed E-state index contributed by atoms with van der Waals surface area (Å²) >= 11 is 0. The molecule has 0 saturated heterocycles. The maximum atomic E-state index is 10.5. The molecule has 0 amide bonds. The van der Waals surface area contributed by atoms with Crippen molar-refractivity contribution in [3.8, 4) is 0 Å². The zero-order valence-electron chi connectivity index (χ0n) is 5.98. The molecular weight excluding hydrogens is 189 g/mol. The predicted octanol–water partition coefficient (Wildman–Crippen LogP) is 1.73. The second kappa shape index (κ2) is 8.51. The molecule has 0 spiro atoms. The molecule has 0 aromatic carbocycles. The normalized spacial score (nSPS) is 9.11. The Morgan fingerprint density at radius 3 is 2.56 bits per heavy atom. The minimum Gasteiger partial charge on any atom is -0.431 e. The second-order valence-electron chi connectivity index (χ2n) is 1.61. The first-order valence-corrected chi connectivity index (χ1v) is 2.88. The zero-order valence-corrected chi connectivity index (χ0v) is 8.82. The SMILES string of the molecule is CC=[C-]C(=O)CCC.[Y]. The van der Waals surface area contributed by atoms with E-state index >= 15 is 0 Å². The molecule has 0 aliphatic rings. The number of hydrogen-bond acceptors (Lipinski definition) is 1. The average molecular weight is 200 g/mol. The van der Waals surface area contributed by atoms with E-state index in [2.05, 4.69) is 6.08 Å². The minimum absolute atomic E-state index is 0. The van der Waals surface area contributed by atoms with Crippen molar-refractivity contribution >= 4 is 5.78 Å². The molecule has 0 aliphatic carbocycles. The van der Waals surface area contributed by atoms with E-state index in [0.29, 0.717) is 6.42 Å². The largest absolute Gasteiger partial charge is 0.431 e. The molecule has 49 valence electrons. The molecule has 1 radical (unpaired) electrons. The Bertz CT molecular complexity index is 97.1. The van der Waals surface area contributed by atoms with Crippen LogP contribution in [-0.2, 0) is 37.5 Å². The summed E-state index contributed by atoms with van der Waals surface area (Å²) in [7, 11) is 0. The molecule has 0 atom stereocenters.